The van der Waals surface area contributed by atoms with Crippen LogP contribution in [0.15, 0.2) is 5.38 Å². The Bertz CT molecular complexity index is 399. The van der Waals surface area contributed by atoms with E-state index in [1.165, 1.54) is 37.8 Å². The first kappa shape index (κ1) is 14.5. The van der Waals surface area contributed by atoms with Crippen LogP contribution < -0.4 is 11.1 Å². The van der Waals surface area contributed by atoms with E-state index in [2.05, 4.69) is 10.7 Å². The highest BCUT2D eigenvalue weighted by Crippen LogP contribution is 2.32. The number of hydrogen-bond donors (Lipinski definition) is 2. The molecule has 1 aromatic heterocycles. The van der Waals surface area contributed by atoms with E-state index in [1.54, 1.807) is 11.3 Å². The third kappa shape index (κ3) is 4.58. The molecule has 1 fully saturated rings. The second-order valence-corrected chi connectivity index (χ2v) is 6.08. The zero-order valence-electron chi connectivity index (χ0n) is 11.4. The number of amides is 1. The molecule has 1 aromatic rings. The Morgan fingerprint density at radius 2 is 2.21 bits per heavy atom. The van der Waals surface area contributed by atoms with Crippen LogP contribution in [0, 0.1) is 0 Å². The van der Waals surface area contributed by atoms with Crippen LogP contribution >= 0.6 is 11.3 Å². The minimum absolute atomic E-state index is 0.0339. The molecule has 4 nitrogen and oxygen atoms in total. The van der Waals surface area contributed by atoms with Crippen LogP contribution in [0.1, 0.15) is 55.1 Å². The van der Waals surface area contributed by atoms with Gasteiger partial charge in [0.2, 0.25) is 5.91 Å². The molecule has 5 heteroatoms. The number of nitrogens with two attached hydrogens (primary N) is 1. The predicted molar refractivity (Wildman–Crippen MR) is 78.3 cm³/mol. The van der Waals surface area contributed by atoms with Gasteiger partial charge in [0.05, 0.1) is 10.7 Å². The Hall–Kier alpha value is -0.940. The molecule has 1 aliphatic rings. The number of nitrogens with zero attached hydrogens (tertiary/aromatic N) is 1. The van der Waals surface area contributed by atoms with Crippen LogP contribution in [0.5, 0.6) is 0 Å². The van der Waals surface area contributed by atoms with Crippen molar-refractivity contribution in [3.8, 4) is 0 Å². The predicted octanol–water partition coefficient (Wildman–Crippen LogP) is 2.20. The summed E-state index contributed by atoms with van der Waals surface area (Å²) in [5.74, 6) is 0.706. The van der Waals surface area contributed by atoms with Gasteiger partial charge >= 0.3 is 0 Å². The number of carbonyl (C=O) groups excluding carboxylic acids is 1. The van der Waals surface area contributed by atoms with Crippen LogP contribution in [0.3, 0.4) is 0 Å². The molecule has 1 saturated carbocycles. The second-order valence-electron chi connectivity index (χ2n) is 5.14. The van der Waals surface area contributed by atoms with Gasteiger partial charge in [0.15, 0.2) is 0 Å². The lowest BCUT2D eigenvalue weighted by molar-refractivity contribution is -0.120. The van der Waals surface area contributed by atoms with Crippen molar-refractivity contribution in [1.29, 1.82) is 0 Å². The topological polar surface area (TPSA) is 68.0 Å². The van der Waals surface area contributed by atoms with Gasteiger partial charge in [-0.3, -0.25) is 4.79 Å². The molecule has 1 aliphatic carbocycles. The summed E-state index contributed by atoms with van der Waals surface area (Å²) in [6.45, 7) is 1.07. The fourth-order valence-electron chi connectivity index (χ4n) is 2.55. The van der Waals surface area contributed by atoms with Gasteiger partial charge in [-0.25, -0.2) is 4.98 Å². The smallest absolute Gasteiger partial charge is 0.221 e. The first-order valence-electron chi connectivity index (χ1n) is 7.20. The zero-order valence-corrected chi connectivity index (χ0v) is 12.2. The van der Waals surface area contributed by atoms with Gasteiger partial charge in [-0.1, -0.05) is 19.3 Å². The average Bonchev–Trinajstić information content (AvgIpc) is 2.89. The molecular weight excluding hydrogens is 258 g/mol. The Morgan fingerprint density at radius 3 is 2.95 bits per heavy atom. The van der Waals surface area contributed by atoms with Crippen molar-refractivity contribution in [3.63, 3.8) is 0 Å². The molecule has 1 amide bonds. The summed E-state index contributed by atoms with van der Waals surface area (Å²) in [5, 5.41) is 6.20. The van der Waals surface area contributed by atoms with Crippen molar-refractivity contribution < 1.29 is 4.79 Å². The van der Waals surface area contributed by atoms with Gasteiger partial charge in [0.25, 0.3) is 0 Å². The first-order chi connectivity index (χ1) is 9.29. The molecule has 0 radical (unpaired) electrons. The van der Waals surface area contributed by atoms with Crippen molar-refractivity contribution >= 4 is 17.2 Å². The van der Waals surface area contributed by atoms with E-state index in [0.717, 1.165) is 11.4 Å². The van der Waals surface area contributed by atoms with Crippen LogP contribution in [-0.2, 0) is 11.2 Å². The summed E-state index contributed by atoms with van der Waals surface area (Å²) >= 11 is 1.72. The van der Waals surface area contributed by atoms with Gasteiger partial charge in [-0.2, -0.15) is 0 Å². The molecule has 0 aliphatic heterocycles. The lowest BCUT2D eigenvalue weighted by Crippen LogP contribution is -2.27. The van der Waals surface area contributed by atoms with Crippen molar-refractivity contribution in [1.82, 2.24) is 10.3 Å². The molecule has 2 rings (SSSR count). The number of thiazole rings is 1. The van der Waals surface area contributed by atoms with Crippen LogP contribution in [0.4, 0.5) is 0 Å². The number of hydrogen-bond acceptors (Lipinski definition) is 4. The summed E-state index contributed by atoms with van der Waals surface area (Å²) in [5.41, 5.74) is 6.60. The highest BCUT2D eigenvalue weighted by atomic mass is 32.1. The Labute approximate surface area is 118 Å². The summed E-state index contributed by atoms with van der Waals surface area (Å²) in [6.07, 6.45) is 7.87. The summed E-state index contributed by atoms with van der Waals surface area (Å²) in [4.78, 5) is 16.0. The number of nitrogens with one attached hydrogen (secondary N) is 1. The Kier molecular flexibility index (Phi) is 5.79. The number of carbonyl (C=O) groups is 1. The van der Waals surface area contributed by atoms with Crippen LogP contribution in [-0.4, -0.2) is 24.0 Å². The standard InChI is InChI=1S/C14H23N3OS/c15-8-6-13(18)16-9-7-14-17-12(10-19-14)11-4-2-1-3-5-11/h10-11H,1-9,15H2,(H,16,18). The van der Waals surface area contributed by atoms with Crippen molar-refractivity contribution in [2.24, 2.45) is 5.73 Å². The van der Waals surface area contributed by atoms with Gasteiger partial charge < -0.3 is 11.1 Å². The third-order valence-corrected chi connectivity index (χ3v) is 4.55. The maximum Gasteiger partial charge on any atom is 0.221 e. The molecule has 0 spiro atoms. The van der Waals surface area contributed by atoms with E-state index in [1.807, 2.05) is 0 Å². The quantitative estimate of drug-likeness (QED) is 0.840. The SMILES string of the molecule is NCCC(=O)NCCc1nc(C2CCCCC2)cs1. The maximum absolute atomic E-state index is 11.3. The normalized spacial score (nSPS) is 16.5. The molecule has 1 heterocycles. The molecular formula is C14H23N3OS. The summed E-state index contributed by atoms with van der Waals surface area (Å²) in [7, 11) is 0. The first-order valence-corrected chi connectivity index (χ1v) is 8.08. The average molecular weight is 281 g/mol. The van der Waals surface area contributed by atoms with E-state index in [9.17, 15) is 4.79 Å². The van der Waals surface area contributed by atoms with E-state index in [4.69, 9.17) is 10.7 Å². The van der Waals surface area contributed by atoms with Crippen LogP contribution in [0.25, 0.3) is 0 Å². The highest BCUT2D eigenvalue weighted by molar-refractivity contribution is 7.09. The molecule has 19 heavy (non-hydrogen) atoms. The molecule has 0 unspecified atom stereocenters. The van der Waals surface area contributed by atoms with Gasteiger partial charge in [-0.05, 0) is 12.8 Å². The lowest BCUT2D eigenvalue weighted by Gasteiger charge is -2.19. The minimum atomic E-state index is 0.0339. The van der Waals surface area contributed by atoms with Gasteiger partial charge in [0.1, 0.15) is 0 Å². The van der Waals surface area contributed by atoms with Crippen molar-refractivity contribution in [3.05, 3.63) is 16.1 Å². The monoisotopic (exact) mass is 281 g/mol. The van der Waals surface area contributed by atoms with Crippen molar-refractivity contribution in [2.45, 2.75) is 50.9 Å². The minimum Gasteiger partial charge on any atom is -0.356 e. The number of aromatic nitrogens is 1. The fraction of sp³-hybridized carbons (Fsp3) is 0.714. The summed E-state index contributed by atoms with van der Waals surface area (Å²) < 4.78 is 0. The van der Waals surface area contributed by atoms with E-state index < -0.39 is 0 Å². The largest absolute Gasteiger partial charge is 0.356 e. The molecule has 0 bridgehead atoms. The highest BCUT2D eigenvalue weighted by Gasteiger charge is 2.18. The summed E-state index contributed by atoms with van der Waals surface area (Å²) in [6, 6.07) is 0. The number of rotatable bonds is 6. The third-order valence-electron chi connectivity index (χ3n) is 3.63. The molecule has 0 aromatic carbocycles. The fourth-order valence-corrected chi connectivity index (χ4v) is 3.43. The Balaban J connectivity index is 1.75. The van der Waals surface area contributed by atoms with Crippen LogP contribution in [0.2, 0.25) is 0 Å². The zero-order chi connectivity index (χ0) is 13.5. The molecule has 3 N–H and O–H groups in total. The van der Waals surface area contributed by atoms with Crippen molar-refractivity contribution in [2.75, 3.05) is 13.1 Å². The lowest BCUT2D eigenvalue weighted by atomic mass is 9.87. The maximum atomic E-state index is 11.3. The molecule has 106 valence electrons. The Morgan fingerprint density at radius 1 is 1.42 bits per heavy atom. The van der Waals surface area contributed by atoms with Gasteiger partial charge in [-0.15, -0.1) is 11.3 Å². The van der Waals surface area contributed by atoms with E-state index in [0.29, 0.717) is 25.4 Å². The van der Waals surface area contributed by atoms with Gasteiger partial charge in [0, 0.05) is 37.2 Å². The molecule has 0 atom stereocenters. The molecule has 0 saturated heterocycles. The second kappa shape index (κ2) is 7.60. The van der Waals surface area contributed by atoms with E-state index in [-0.39, 0.29) is 5.91 Å². The van der Waals surface area contributed by atoms with E-state index >= 15 is 0 Å².